The molecule has 0 bridgehead atoms. The fourth-order valence-electron chi connectivity index (χ4n) is 3.48. The number of pyridine rings is 1. The second-order valence-corrected chi connectivity index (χ2v) is 8.47. The fourth-order valence-corrected chi connectivity index (χ4v) is 4.14. The van der Waals surface area contributed by atoms with Crippen molar-refractivity contribution in [3.8, 4) is 11.3 Å². The normalized spacial score (nSPS) is 14.5. The van der Waals surface area contributed by atoms with Crippen molar-refractivity contribution in [3.05, 3.63) is 71.4 Å². The minimum Gasteiger partial charge on any atom is -0.294 e. The van der Waals surface area contributed by atoms with Crippen molar-refractivity contribution < 1.29 is 13.2 Å². The molecule has 0 radical (unpaired) electrons. The molecule has 0 saturated heterocycles. The van der Waals surface area contributed by atoms with Crippen LogP contribution in [-0.2, 0) is 25.7 Å². The van der Waals surface area contributed by atoms with Gasteiger partial charge in [-0.25, -0.2) is 9.97 Å². The van der Waals surface area contributed by atoms with Crippen LogP contribution in [0, 0.1) is 0 Å². The van der Waals surface area contributed by atoms with E-state index in [2.05, 4.69) is 57.1 Å². The maximum absolute atomic E-state index is 12.8. The number of benzene rings is 1. The molecule has 2 aromatic heterocycles. The highest BCUT2D eigenvalue weighted by molar-refractivity contribution is 7.99. The third-order valence-corrected chi connectivity index (χ3v) is 5.85. The van der Waals surface area contributed by atoms with Gasteiger partial charge in [-0.1, -0.05) is 25.1 Å². The lowest BCUT2D eigenvalue weighted by Crippen LogP contribution is -2.31. The molecule has 4 nitrogen and oxygen atoms in total. The molecule has 1 aromatic carbocycles. The summed E-state index contributed by atoms with van der Waals surface area (Å²) in [7, 11) is 0. The van der Waals surface area contributed by atoms with Crippen molar-refractivity contribution in [2.75, 3.05) is 12.3 Å². The van der Waals surface area contributed by atoms with Crippen molar-refractivity contribution >= 4 is 11.8 Å². The van der Waals surface area contributed by atoms with Gasteiger partial charge in [-0.15, -0.1) is 11.8 Å². The van der Waals surface area contributed by atoms with Crippen LogP contribution in [0.3, 0.4) is 0 Å². The molecule has 0 spiro atoms. The number of alkyl halides is 3. The van der Waals surface area contributed by atoms with E-state index in [9.17, 15) is 13.2 Å². The van der Waals surface area contributed by atoms with Gasteiger partial charge in [0.1, 0.15) is 0 Å². The minimum atomic E-state index is -4.51. The number of fused-ring (bicyclic) bond motifs is 1. The van der Waals surface area contributed by atoms with E-state index in [0.29, 0.717) is 31.7 Å². The molecule has 0 atom stereocenters. The second-order valence-electron chi connectivity index (χ2n) is 7.13. The first-order valence-electron chi connectivity index (χ1n) is 9.75. The molecule has 3 aromatic rings. The first-order valence-corrected chi connectivity index (χ1v) is 10.7. The van der Waals surface area contributed by atoms with Gasteiger partial charge in [0.15, 0.2) is 0 Å². The first kappa shape index (κ1) is 20.8. The van der Waals surface area contributed by atoms with Crippen LogP contribution in [0.2, 0.25) is 0 Å². The highest BCUT2D eigenvalue weighted by atomic mass is 32.2. The van der Waals surface area contributed by atoms with Gasteiger partial charge in [0, 0.05) is 54.5 Å². The zero-order chi connectivity index (χ0) is 21.1. The Hall–Kier alpha value is -2.45. The van der Waals surface area contributed by atoms with Gasteiger partial charge in [-0.3, -0.25) is 9.88 Å². The summed E-state index contributed by atoms with van der Waals surface area (Å²) in [6, 6.07) is 12.4. The highest BCUT2D eigenvalue weighted by Gasteiger charge is 2.35. The Labute approximate surface area is 177 Å². The summed E-state index contributed by atoms with van der Waals surface area (Å²) in [5.41, 5.74) is 4.30. The molecular formula is C22H21F3N4S. The third-order valence-electron chi connectivity index (χ3n) is 4.96. The van der Waals surface area contributed by atoms with Gasteiger partial charge in [-0.2, -0.15) is 13.2 Å². The number of hydrogen-bond donors (Lipinski definition) is 0. The van der Waals surface area contributed by atoms with Crippen LogP contribution in [-0.4, -0.2) is 32.1 Å². The molecule has 156 valence electrons. The van der Waals surface area contributed by atoms with E-state index in [-0.39, 0.29) is 0 Å². The van der Waals surface area contributed by atoms with E-state index >= 15 is 0 Å². The predicted molar refractivity (Wildman–Crippen MR) is 111 cm³/mol. The zero-order valence-electron chi connectivity index (χ0n) is 16.5. The Kier molecular flexibility index (Phi) is 6.06. The monoisotopic (exact) mass is 430 g/mol. The molecule has 0 amide bonds. The number of aromatic nitrogens is 3. The average Bonchev–Trinajstić information content (AvgIpc) is 2.74. The van der Waals surface area contributed by atoms with Crippen LogP contribution in [0.1, 0.15) is 29.6 Å². The van der Waals surface area contributed by atoms with Crippen molar-refractivity contribution in [2.24, 2.45) is 0 Å². The Balaban J connectivity index is 1.40. The summed E-state index contributed by atoms with van der Waals surface area (Å²) >= 11 is 1.81. The predicted octanol–water partition coefficient (Wildman–Crippen LogP) is 5.23. The number of thioether (sulfide) groups is 1. The van der Waals surface area contributed by atoms with Gasteiger partial charge in [0.25, 0.3) is 0 Å². The van der Waals surface area contributed by atoms with Crippen molar-refractivity contribution in [1.29, 1.82) is 0 Å². The average molecular weight is 430 g/mol. The standard InChI is InChI=1S/C22H21F3N4S/c1-2-30-18-6-4-16(5-7-18)19-8-3-15(11-26-19)13-29-10-9-20-17(14-29)12-27-21(28-20)22(23,24)25/h3-8,11-12H,2,9-10,13-14H2,1H3. The van der Waals surface area contributed by atoms with Crippen LogP contribution < -0.4 is 0 Å². The molecule has 1 aliphatic rings. The van der Waals surface area contributed by atoms with Crippen LogP contribution >= 0.6 is 11.8 Å². The summed E-state index contributed by atoms with van der Waals surface area (Å²) in [6.45, 7) is 4.00. The first-order chi connectivity index (χ1) is 14.4. The van der Waals surface area contributed by atoms with Gasteiger partial charge in [0.05, 0.1) is 11.4 Å². The topological polar surface area (TPSA) is 41.9 Å². The lowest BCUT2D eigenvalue weighted by Gasteiger charge is -2.28. The van der Waals surface area contributed by atoms with Crippen LogP contribution in [0.5, 0.6) is 0 Å². The van der Waals surface area contributed by atoms with Gasteiger partial charge < -0.3 is 0 Å². The van der Waals surface area contributed by atoms with E-state index in [4.69, 9.17) is 0 Å². The number of rotatable bonds is 5. The van der Waals surface area contributed by atoms with E-state index in [1.54, 1.807) is 0 Å². The minimum absolute atomic E-state index is 0.481. The quantitative estimate of drug-likeness (QED) is 0.519. The number of halogens is 3. The molecule has 30 heavy (non-hydrogen) atoms. The molecule has 0 saturated carbocycles. The molecule has 0 fully saturated rings. The Morgan fingerprint density at radius 1 is 1.03 bits per heavy atom. The third kappa shape index (κ3) is 4.82. The van der Waals surface area contributed by atoms with Gasteiger partial charge in [0.2, 0.25) is 5.82 Å². The second kappa shape index (κ2) is 8.73. The number of nitrogens with zero attached hydrogens (tertiary/aromatic N) is 4. The van der Waals surface area contributed by atoms with E-state index in [1.807, 2.05) is 24.0 Å². The van der Waals surface area contributed by atoms with Crippen LogP contribution in [0.4, 0.5) is 13.2 Å². The molecule has 0 unspecified atom stereocenters. The van der Waals surface area contributed by atoms with E-state index in [1.165, 1.54) is 11.1 Å². The van der Waals surface area contributed by atoms with Crippen LogP contribution in [0.15, 0.2) is 53.7 Å². The summed E-state index contributed by atoms with van der Waals surface area (Å²) in [5.74, 6) is -0.0149. The Morgan fingerprint density at radius 2 is 1.83 bits per heavy atom. The smallest absolute Gasteiger partial charge is 0.294 e. The Morgan fingerprint density at radius 3 is 2.50 bits per heavy atom. The summed E-state index contributed by atoms with van der Waals surface area (Å²) < 4.78 is 38.4. The SMILES string of the molecule is CCSc1ccc(-c2ccc(CN3CCc4nc(C(F)(F)F)ncc4C3)cn2)cc1. The van der Waals surface area contributed by atoms with Crippen molar-refractivity contribution in [2.45, 2.75) is 37.5 Å². The van der Waals surface area contributed by atoms with Gasteiger partial charge >= 0.3 is 6.18 Å². The molecule has 4 rings (SSSR count). The van der Waals surface area contributed by atoms with Crippen molar-refractivity contribution in [1.82, 2.24) is 19.9 Å². The summed E-state index contributed by atoms with van der Waals surface area (Å²) in [5, 5.41) is 0. The maximum Gasteiger partial charge on any atom is 0.451 e. The largest absolute Gasteiger partial charge is 0.451 e. The molecule has 0 N–H and O–H groups in total. The summed E-state index contributed by atoms with van der Waals surface area (Å²) in [4.78, 5) is 15.2. The number of hydrogen-bond acceptors (Lipinski definition) is 5. The molecule has 3 heterocycles. The molecule has 1 aliphatic heterocycles. The molecule has 0 aliphatic carbocycles. The zero-order valence-corrected chi connectivity index (χ0v) is 17.3. The molecular weight excluding hydrogens is 409 g/mol. The van der Waals surface area contributed by atoms with E-state index in [0.717, 1.165) is 28.1 Å². The van der Waals surface area contributed by atoms with Gasteiger partial charge in [-0.05, 0) is 29.5 Å². The Bertz CT molecular complexity index is 1000. The van der Waals surface area contributed by atoms with Crippen molar-refractivity contribution in [3.63, 3.8) is 0 Å². The lowest BCUT2D eigenvalue weighted by molar-refractivity contribution is -0.145. The maximum atomic E-state index is 12.8. The lowest BCUT2D eigenvalue weighted by atomic mass is 10.1. The van der Waals surface area contributed by atoms with E-state index < -0.39 is 12.0 Å². The molecule has 8 heteroatoms. The highest BCUT2D eigenvalue weighted by Crippen LogP contribution is 2.28. The fraction of sp³-hybridized carbons (Fsp3) is 0.318. The van der Waals surface area contributed by atoms with Crippen LogP contribution in [0.25, 0.3) is 11.3 Å². The summed E-state index contributed by atoms with van der Waals surface area (Å²) in [6.07, 6.45) is -0.856.